The normalized spacial score (nSPS) is 44.3. The summed E-state index contributed by atoms with van der Waals surface area (Å²) < 4.78 is 0. The van der Waals surface area contributed by atoms with E-state index in [1.54, 1.807) is 0 Å². The minimum Gasteiger partial charge on any atom is -0.198 e. The lowest BCUT2D eigenvalue weighted by atomic mass is 9.44. The number of nitrogens with zero attached hydrogens (tertiary/aromatic N) is 1. The summed E-state index contributed by atoms with van der Waals surface area (Å²) in [6.07, 6.45) is 14.1. The Morgan fingerprint density at radius 1 is 0.793 bits per heavy atom. The van der Waals surface area contributed by atoms with Crippen LogP contribution in [0.4, 0.5) is 0 Å². The molecule has 4 aliphatic carbocycles. The topological polar surface area (TPSA) is 23.8 Å². The van der Waals surface area contributed by atoms with E-state index in [-0.39, 0.29) is 0 Å². The maximum absolute atomic E-state index is 9.62. The van der Waals surface area contributed by atoms with Crippen molar-refractivity contribution >= 4 is 0 Å². The van der Waals surface area contributed by atoms with Gasteiger partial charge in [0.05, 0.1) is 12.0 Å². The first kappa shape index (κ1) is 25.7. The van der Waals surface area contributed by atoms with E-state index in [1.165, 1.54) is 64.2 Å². The molecule has 0 spiro atoms. The highest BCUT2D eigenvalue weighted by Gasteiger charge is 2.60. The average Bonchev–Trinajstić information content (AvgIpc) is 3.13. The van der Waals surface area contributed by atoms with E-state index in [0.717, 1.165) is 29.6 Å². The predicted octanol–water partition coefficient (Wildman–Crippen LogP) is 8.60. The number of nitriles is 1. The van der Waals surface area contributed by atoms with Crippen molar-refractivity contribution in [3.63, 3.8) is 0 Å². The molecule has 0 saturated heterocycles. The molecule has 164 valence electrons. The lowest BCUT2D eigenvalue weighted by molar-refractivity contribution is -0.117. The lowest BCUT2D eigenvalue weighted by Crippen LogP contribution is -2.53. The van der Waals surface area contributed by atoms with Gasteiger partial charge in [-0.2, -0.15) is 5.26 Å². The van der Waals surface area contributed by atoms with Gasteiger partial charge in [0, 0.05) is 0 Å². The van der Waals surface area contributed by atoms with Gasteiger partial charge in [0.15, 0.2) is 0 Å². The largest absolute Gasteiger partial charge is 0.198 e. The van der Waals surface area contributed by atoms with E-state index in [9.17, 15) is 5.26 Å². The third-order valence-corrected chi connectivity index (χ3v) is 9.45. The molecule has 8 unspecified atom stereocenters. The van der Waals surface area contributed by atoms with Gasteiger partial charge >= 0.3 is 0 Å². The van der Waals surface area contributed by atoms with Crippen molar-refractivity contribution in [2.24, 2.45) is 46.3 Å². The SMILES string of the molecule is C=C.C=C.C=C.CCC1CCC2CCC3C4CCC(C#N)C4(C)CCC3C2(C)C1. The molecule has 29 heavy (non-hydrogen) atoms. The minimum absolute atomic E-state index is 0.341. The van der Waals surface area contributed by atoms with Crippen LogP contribution in [0.15, 0.2) is 39.5 Å². The second kappa shape index (κ2) is 11.2. The van der Waals surface area contributed by atoms with Gasteiger partial charge in [-0.05, 0) is 91.8 Å². The van der Waals surface area contributed by atoms with Crippen LogP contribution in [-0.4, -0.2) is 0 Å². The summed E-state index contributed by atoms with van der Waals surface area (Å²) in [4.78, 5) is 0. The molecule has 1 heteroatoms. The standard InChI is InChI=1S/C22H35N.3C2H4/c1-4-15-5-6-16-7-9-18-19-10-8-17(14-23)21(19,2)12-11-20(18)22(16,3)13-15;3*1-2/h15-20H,4-13H2,1-3H3;3*1-2H2. The zero-order valence-electron chi connectivity index (χ0n) is 19.7. The maximum Gasteiger partial charge on any atom is 0.0661 e. The molecule has 1 nitrogen and oxygen atoms in total. The summed E-state index contributed by atoms with van der Waals surface area (Å²) in [5.41, 5.74) is 0.964. The fraction of sp³-hybridized carbons (Fsp3) is 0.750. The van der Waals surface area contributed by atoms with Crippen LogP contribution in [0, 0.1) is 57.7 Å². The first-order valence-corrected chi connectivity index (χ1v) is 11.9. The molecule has 0 amide bonds. The Labute approximate surface area is 182 Å². The van der Waals surface area contributed by atoms with E-state index < -0.39 is 0 Å². The van der Waals surface area contributed by atoms with Crippen molar-refractivity contribution in [2.45, 2.75) is 85.0 Å². The van der Waals surface area contributed by atoms with Crippen molar-refractivity contribution in [1.29, 1.82) is 5.26 Å². The van der Waals surface area contributed by atoms with Gasteiger partial charge in [0.2, 0.25) is 0 Å². The van der Waals surface area contributed by atoms with E-state index >= 15 is 0 Å². The molecule has 4 aliphatic rings. The van der Waals surface area contributed by atoms with Gasteiger partial charge in [-0.3, -0.25) is 0 Å². The number of fused-ring (bicyclic) bond motifs is 5. The molecule has 0 aromatic heterocycles. The van der Waals surface area contributed by atoms with E-state index in [0.29, 0.717) is 16.7 Å². The smallest absolute Gasteiger partial charge is 0.0661 e. The molecular formula is C28H47N. The highest BCUT2D eigenvalue weighted by Crippen LogP contribution is 2.67. The molecule has 0 aromatic rings. The Hall–Kier alpha value is -1.29. The zero-order valence-corrected chi connectivity index (χ0v) is 19.7. The molecule has 0 bridgehead atoms. The molecule has 8 atom stereocenters. The Bertz CT molecular complexity index is 542. The van der Waals surface area contributed by atoms with E-state index in [1.807, 2.05) is 0 Å². The molecule has 0 aromatic carbocycles. The van der Waals surface area contributed by atoms with Crippen molar-refractivity contribution < 1.29 is 0 Å². The summed E-state index contributed by atoms with van der Waals surface area (Å²) >= 11 is 0. The molecule has 4 fully saturated rings. The van der Waals surface area contributed by atoms with Crippen molar-refractivity contribution in [1.82, 2.24) is 0 Å². The third kappa shape index (κ3) is 4.42. The van der Waals surface area contributed by atoms with Crippen LogP contribution in [0.3, 0.4) is 0 Å². The molecule has 4 rings (SSSR count). The maximum atomic E-state index is 9.62. The van der Waals surface area contributed by atoms with Crippen molar-refractivity contribution in [3.8, 4) is 6.07 Å². The Balaban J connectivity index is 0.000000644. The molecule has 0 N–H and O–H groups in total. The van der Waals surface area contributed by atoms with Gasteiger partial charge in [-0.25, -0.2) is 0 Å². The Morgan fingerprint density at radius 2 is 1.38 bits per heavy atom. The molecule has 0 radical (unpaired) electrons. The second-order valence-corrected chi connectivity index (χ2v) is 10.0. The Morgan fingerprint density at radius 3 is 1.97 bits per heavy atom. The minimum atomic E-state index is 0.341. The van der Waals surface area contributed by atoms with E-state index in [2.05, 4.69) is 66.3 Å². The molecule has 0 aliphatic heterocycles. The zero-order chi connectivity index (χ0) is 22.2. The summed E-state index contributed by atoms with van der Waals surface area (Å²) in [7, 11) is 0. The summed E-state index contributed by atoms with van der Waals surface area (Å²) in [5, 5.41) is 9.62. The second-order valence-electron chi connectivity index (χ2n) is 10.0. The van der Waals surface area contributed by atoms with Gasteiger partial charge in [0.25, 0.3) is 0 Å². The van der Waals surface area contributed by atoms with E-state index in [4.69, 9.17) is 0 Å². The van der Waals surface area contributed by atoms with Crippen LogP contribution in [0.25, 0.3) is 0 Å². The summed E-state index contributed by atoms with van der Waals surface area (Å²) in [5.74, 6) is 5.08. The van der Waals surface area contributed by atoms with Gasteiger partial charge in [0.1, 0.15) is 0 Å². The first-order valence-electron chi connectivity index (χ1n) is 11.9. The number of hydrogen-bond acceptors (Lipinski definition) is 1. The third-order valence-electron chi connectivity index (χ3n) is 9.45. The van der Waals surface area contributed by atoms with Gasteiger partial charge < -0.3 is 0 Å². The fourth-order valence-corrected chi connectivity index (χ4v) is 8.05. The van der Waals surface area contributed by atoms with Crippen LogP contribution in [0.1, 0.15) is 85.0 Å². The summed E-state index contributed by atoms with van der Waals surface area (Å²) in [6.45, 7) is 25.6. The molecule has 4 saturated carbocycles. The molecule has 0 heterocycles. The molecular weight excluding hydrogens is 350 g/mol. The highest BCUT2D eigenvalue weighted by molar-refractivity contribution is 5.12. The number of hydrogen-bond donors (Lipinski definition) is 0. The van der Waals surface area contributed by atoms with Gasteiger partial charge in [-0.1, -0.05) is 33.6 Å². The number of rotatable bonds is 1. The highest BCUT2D eigenvalue weighted by atomic mass is 14.6. The first-order chi connectivity index (χ1) is 14.0. The predicted molar refractivity (Wildman–Crippen MR) is 128 cm³/mol. The monoisotopic (exact) mass is 397 g/mol. The fourth-order valence-electron chi connectivity index (χ4n) is 8.05. The van der Waals surface area contributed by atoms with Crippen molar-refractivity contribution in [2.75, 3.05) is 0 Å². The Kier molecular flexibility index (Phi) is 9.94. The van der Waals surface area contributed by atoms with Crippen LogP contribution in [-0.2, 0) is 0 Å². The lowest BCUT2D eigenvalue weighted by Gasteiger charge is -2.61. The van der Waals surface area contributed by atoms with Crippen molar-refractivity contribution in [3.05, 3.63) is 39.5 Å². The van der Waals surface area contributed by atoms with Crippen LogP contribution < -0.4 is 0 Å². The average molecular weight is 398 g/mol. The van der Waals surface area contributed by atoms with Gasteiger partial charge in [-0.15, -0.1) is 39.5 Å². The van der Waals surface area contributed by atoms with Crippen LogP contribution >= 0.6 is 0 Å². The quantitative estimate of drug-likeness (QED) is 0.406. The van der Waals surface area contributed by atoms with Crippen LogP contribution in [0.5, 0.6) is 0 Å². The summed E-state index contributed by atoms with van der Waals surface area (Å²) in [6, 6.07) is 2.68. The van der Waals surface area contributed by atoms with Crippen LogP contribution in [0.2, 0.25) is 0 Å².